The largest absolute Gasteiger partial charge is 0.494 e. The highest BCUT2D eigenvalue weighted by atomic mass is 16.5. The Morgan fingerprint density at radius 1 is 1.00 bits per heavy atom. The summed E-state index contributed by atoms with van der Waals surface area (Å²) < 4.78 is 5.66. The Morgan fingerprint density at radius 3 is 2.28 bits per heavy atom. The summed E-state index contributed by atoms with van der Waals surface area (Å²) >= 11 is 0. The summed E-state index contributed by atoms with van der Waals surface area (Å²) in [6.07, 6.45) is 2.14. The van der Waals surface area contributed by atoms with E-state index in [-0.39, 0.29) is 5.91 Å². The first kappa shape index (κ1) is 19.8. The van der Waals surface area contributed by atoms with Gasteiger partial charge in [0, 0.05) is 43.1 Å². The number of unbranched alkanes of at least 4 members (excludes halogenated alkanes) is 1. The molecule has 2 saturated heterocycles. The number of carbonyl (C=O) groups excluding carboxylic acids is 1. The Balaban J connectivity index is 1.31. The smallest absolute Gasteiger partial charge is 0.255 e. The maximum atomic E-state index is 12.5. The highest BCUT2D eigenvalue weighted by Crippen LogP contribution is 2.33. The number of anilines is 2. The molecule has 0 aliphatic carbocycles. The molecule has 2 aliphatic rings. The van der Waals surface area contributed by atoms with Crippen molar-refractivity contribution in [1.82, 2.24) is 4.90 Å². The van der Waals surface area contributed by atoms with Crippen molar-refractivity contribution in [3.63, 3.8) is 0 Å². The van der Waals surface area contributed by atoms with E-state index in [0.717, 1.165) is 49.2 Å². The minimum absolute atomic E-state index is 0.100. The number of rotatable bonds is 7. The number of carbonyl (C=O) groups is 1. The van der Waals surface area contributed by atoms with Gasteiger partial charge in [0.15, 0.2) is 0 Å². The molecule has 1 amide bonds. The monoisotopic (exact) mass is 393 g/mol. The molecule has 2 aliphatic heterocycles. The zero-order chi connectivity index (χ0) is 20.2. The molecule has 0 bridgehead atoms. The van der Waals surface area contributed by atoms with Gasteiger partial charge in [0.25, 0.3) is 5.91 Å². The number of hydrogen-bond donors (Lipinski definition) is 1. The van der Waals surface area contributed by atoms with E-state index < -0.39 is 0 Å². The van der Waals surface area contributed by atoms with Crippen molar-refractivity contribution < 1.29 is 9.53 Å². The molecule has 5 heteroatoms. The molecule has 2 fully saturated rings. The fourth-order valence-corrected chi connectivity index (χ4v) is 4.43. The quantitative estimate of drug-likeness (QED) is 0.719. The molecule has 29 heavy (non-hydrogen) atoms. The Bertz CT molecular complexity index is 805. The van der Waals surface area contributed by atoms with Crippen LogP contribution < -0.4 is 15.0 Å². The first-order valence-corrected chi connectivity index (χ1v) is 10.7. The predicted octanol–water partition coefficient (Wildman–Crippen LogP) is 4.12. The maximum Gasteiger partial charge on any atom is 0.255 e. The zero-order valence-corrected chi connectivity index (χ0v) is 17.4. The van der Waals surface area contributed by atoms with Gasteiger partial charge in [-0.1, -0.05) is 13.3 Å². The average molecular weight is 394 g/mol. The Kier molecular flexibility index (Phi) is 6.05. The number of ether oxygens (including phenoxy) is 1. The van der Waals surface area contributed by atoms with Crippen molar-refractivity contribution in [2.45, 2.75) is 19.8 Å². The zero-order valence-electron chi connectivity index (χ0n) is 17.4. The predicted molar refractivity (Wildman–Crippen MR) is 118 cm³/mol. The van der Waals surface area contributed by atoms with Crippen LogP contribution in [0.1, 0.15) is 30.1 Å². The lowest BCUT2D eigenvalue weighted by Crippen LogP contribution is -2.26. The number of nitrogens with zero attached hydrogens (tertiary/aromatic N) is 2. The minimum atomic E-state index is -0.100. The van der Waals surface area contributed by atoms with Crippen LogP contribution in [0.5, 0.6) is 5.75 Å². The van der Waals surface area contributed by atoms with E-state index in [1.807, 2.05) is 36.4 Å². The minimum Gasteiger partial charge on any atom is -0.494 e. The van der Waals surface area contributed by atoms with Crippen molar-refractivity contribution in [1.29, 1.82) is 0 Å². The van der Waals surface area contributed by atoms with Crippen LogP contribution in [0.15, 0.2) is 48.5 Å². The molecule has 1 N–H and O–H groups in total. The second-order valence-corrected chi connectivity index (χ2v) is 8.37. The van der Waals surface area contributed by atoms with Crippen molar-refractivity contribution in [2.24, 2.45) is 11.8 Å². The van der Waals surface area contributed by atoms with Gasteiger partial charge in [-0.2, -0.15) is 0 Å². The summed E-state index contributed by atoms with van der Waals surface area (Å²) in [5, 5.41) is 2.99. The molecule has 5 nitrogen and oxygen atoms in total. The molecule has 0 unspecified atom stereocenters. The van der Waals surface area contributed by atoms with Gasteiger partial charge in [-0.15, -0.1) is 0 Å². The van der Waals surface area contributed by atoms with Gasteiger partial charge in [0.1, 0.15) is 5.75 Å². The molecule has 2 aromatic carbocycles. The van der Waals surface area contributed by atoms with Gasteiger partial charge < -0.3 is 19.9 Å². The lowest BCUT2D eigenvalue weighted by atomic mass is 10.0. The summed E-state index contributed by atoms with van der Waals surface area (Å²) in [5.41, 5.74) is 2.70. The lowest BCUT2D eigenvalue weighted by molar-refractivity contribution is 0.102. The molecule has 0 aromatic heterocycles. The van der Waals surface area contributed by atoms with E-state index in [4.69, 9.17) is 4.74 Å². The van der Waals surface area contributed by atoms with Crippen LogP contribution in [0.4, 0.5) is 11.4 Å². The number of hydrogen-bond acceptors (Lipinski definition) is 4. The molecule has 2 aromatic rings. The molecule has 154 valence electrons. The van der Waals surface area contributed by atoms with E-state index in [1.54, 1.807) is 0 Å². The highest BCUT2D eigenvalue weighted by molar-refractivity contribution is 6.04. The number of likely N-dealkylation sites (tertiary alicyclic amines) is 1. The molecular formula is C24H31N3O2. The summed E-state index contributed by atoms with van der Waals surface area (Å²) in [4.78, 5) is 17.4. The van der Waals surface area contributed by atoms with Gasteiger partial charge in [-0.25, -0.2) is 0 Å². The third kappa shape index (κ3) is 4.73. The Morgan fingerprint density at radius 2 is 1.66 bits per heavy atom. The molecular weight excluding hydrogens is 362 g/mol. The van der Waals surface area contributed by atoms with E-state index >= 15 is 0 Å². The summed E-state index contributed by atoms with van der Waals surface area (Å²) in [6.45, 7) is 7.53. The summed E-state index contributed by atoms with van der Waals surface area (Å²) in [7, 11) is 2.22. The van der Waals surface area contributed by atoms with Crippen LogP contribution in [0.3, 0.4) is 0 Å². The molecule has 4 rings (SSSR count). The SMILES string of the molecule is CCCCOc1ccc(C(=O)Nc2ccc(N3C[C@H]4CN(C)C[C@H]4C3)cc2)cc1. The van der Waals surface area contributed by atoms with Crippen LogP contribution in [-0.2, 0) is 0 Å². The Hall–Kier alpha value is -2.53. The van der Waals surface area contributed by atoms with Crippen molar-refractivity contribution in [3.05, 3.63) is 54.1 Å². The summed E-state index contributed by atoms with van der Waals surface area (Å²) in [5.74, 6) is 2.28. The van der Waals surface area contributed by atoms with Crippen LogP contribution in [0.25, 0.3) is 0 Å². The van der Waals surface area contributed by atoms with Gasteiger partial charge in [0.2, 0.25) is 0 Å². The molecule has 2 atom stereocenters. The van der Waals surface area contributed by atoms with E-state index in [9.17, 15) is 4.79 Å². The fourth-order valence-electron chi connectivity index (χ4n) is 4.43. The average Bonchev–Trinajstić information content (AvgIpc) is 3.27. The standard InChI is InChI=1S/C24H31N3O2/c1-3-4-13-29-23-11-5-18(6-12-23)24(28)25-21-7-9-22(10-8-21)27-16-19-14-26(2)15-20(19)17-27/h5-12,19-20H,3-4,13-17H2,1-2H3,(H,25,28)/t19-,20+. The normalized spacial score (nSPS) is 21.2. The maximum absolute atomic E-state index is 12.5. The Labute approximate surface area is 173 Å². The molecule has 0 spiro atoms. The number of benzene rings is 2. The van der Waals surface area contributed by atoms with E-state index in [1.165, 1.54) is 18.8 Å². The van der Waals surface area contributed by atoms with E-state index in [2.05, 4.69) is 41.2 Å². The second-order valence-electron chi connectivity index (χ2n) is 8.37. The van der Waals surface area contributed by atoms with Crippen molar-refractivity contribution in [3.8, 4) is 5.75 Å². The van der Waals surface area contributed by atoms with Crippen LogP contribution in [0.2, 0.25) is 0 Å². The molecule has 0 saturated carbocycles. The fraction of sp³-hybridized carbons (Fsp3) is 0.458. The molecule has 0 radical (unpaired) electrons. The van der Waals surface area contributed by atoms with Gasteiger partial charge in [0.05, 0.1) is 6.61 Å². The number of amides is 1. The van der Waals surface area contributed by atoms with Crippen molar-refractivity contribution in [2.75, 3.05) is 50.1 Å². The number of nitrogens with one attached hydrogen (secondary N) is 1. The van der Waals surface area contributed by atoms with Gasteiger partial charge in [-0.05, 0) is 73.8 Å². The topological polar surface area (TPSA) is 44.8 Å². The van der Waals surface area contributed by atoms with Gasteiger partial charge in [-0.3, -0.25) is 4.79 Å². The van der Waals surface area contributed by atoms with Crippen LogP contribution in [-0.4, -0.2) is 50.6 Å². The highest BCUT2D eigenvalue weighted by Gasteiger charge is 2.38. The van der Waals surface area contributed by atoms with E-state index in [0.29, 0.717) is 12.2 Å². The van der Waals surface area contributed by atoms with Crippen LogP contribution >= 0.6 is 0 Å². The first-order valence-electron chi connectivity index (χ1n) is 10.7. The summed E-state index contributed by atoms with van der Waals surface area (Å²) in [6, 6.07) is 15.6. The number of fused-ring (bicyclic) bond motifs is 1. The third-order valence-electron chi connectivity index (χ3n) is 6.04. The second kappa shape index (κ2) is 8.87. The third-order valence-corrected chi connectivity index (χ3v) is 6.04. The van der Waals surface area contributed by atoms with Crippen LogP contribution in [0, 0.1) is 11.8 Å². The first-order chi connectivity index (χ1) is 14.1. The molecule has 2 heterocycles. The van der Waals surface area contributed by atoms with Gasteiger partial charge >= 0.3 is 0 Å². The van der Waals surface area contributed by atoms with Crippen molar-refractivity contribution >= 4 is 17.3 Å². The lowest BCUT2D eigenvalue weighted by Gasteiger charge is -2.21.